The van der Waals surface area contributed by atoms with Gasteiger partial charge in [-0.2, -0.15) is 0 Å². The average Bonchev–Trinajstić information content (AvgIpc) is 2.37. The number of piperidine rings is 1. The van der Waals surface area contributed by atoms with E-state index in [4.69, 9.17) is 0 Å². The highest BCUT2D eigenvalue weighted by molar-refractivity contribution is 4.77. The standard InChI is InChI=1S/C17H35N/c1-3-4-5-6-7-8-9-10-11-14-17-15-12-13-16(2)18-17/h16-18H,3-15H2,1-2H3/t16-,17-/m1/s1. The van der Waals surface area contributed by atoms with Crippen LogP contribution >= 0.6 is 0 Å². The lowest BCUT2D eigenvalue weighted by atomic mass is 9.95. The van der Waals surface area contributed by atoms with Gasteiger partial charge in [0.2, 0.25) is 0 Å². The summed E-state index contributed by atoms with van der Waals surface area (Å²) in [5, 5.41) is 3.74. The zero-order valence-corrected chi connectivity index (χ0v) is 12.8. The Labute approximate surface area is 115 Å². The molecule has 0 amide bonds. The van der Waals surface area contributed by atoms with Crippen molar-refractivity contribution in [2.45, 2.75) is 109 Å². The summed E-state index contributed by atoms with van der Waals surface area (Å²) < 4.78 is 0. The summed E-state index contributed by atoms with van der Waals surface area (Å²) in [5.74, 6) is 0. The lowest BCUT2D eigenvalue weighted by molar-refractivity contribution is 0.314. The number of hydrogen-bond donors (Lipinski definition) is 1. The highest BCUT2D eigenvalue weighted by atomic mass is 15.0. The molecule has 1 nitrogen and oxygen atoms in total. The van der Waals surface area contributed by atoms with Gasteiger partial charge >= 0.3 is 0 Å². The van der Waals surface area contributed by atoms with Gasteiger partial charge in [0.05, 0.1) is 0 Å². The molecule has 0 unspecified atom stereocenters. The van der Waals surface area contributed by atoms with Crippen LogP contribution in [0, 0.1) is 0 Å². The lowest BCUT2D eigenvalue weighted by Gasteiger charge is -2.28. The molecule has 0 aliphatic carbocycles. The van der Waals surface area contributed by atoms with Crippen molar-refractivity contribution in [1.29, 1.82) is 0 Å². The molecule has 0 saturated carbocycles. The van der Waals surface area contributed by atoms with Crippen molar-refractivity contribution in [3.05, 3.63) is 0 Å². The number of hydrogen-bond acceptors (Lipinski definition) is 1. The Morgan fingerprint density at radius 1 is 0.833 bits per heavy atom. The topological polar surface area (TPSA) is 12.0 Å². The van der Waals surface area contributed by atoms with Crippen LogP contribution in [-0.4, -0.2) is 12.1 Å². The minimum atomic E-state index is 0.766. The first-order valence-electron chi connectivity index (χ1n) is 8.59. The third-order valence-electron chi connectivity index (χ3n) is 4.37. The second-order valence-corrected chi connectivity index (χ2v) is 6.31. The zero-order valence-electron chi connectivity index (χ0n) is 12.8. The molecule has 0 bridgehead atoms. The molecular weight excluding hydrogens is 218 g/mol. The van der Waals surface area contributed by atoms with E-state index in [0.29, 0.717) is 0 Å². The summed E-state index contributed by atoms with van der Waals surface area (Å²) in [4.78, 5) is 0. The molecule has 2 atom stereocenters. The van der Waals surface area contributed by atoms with E-state index in [0.717, 1.165) is 12.1 Å². The Balaban J connectivity index is 1.80. The first-order valence-corrected chi connectivity index (χ1v) is 8.59. The second-order valence-electron chi connectivity index (χ2n) is 6.31. The van der Waals surface area contributed by atoms with Crippen molar-refractivity contribution in [1.82, 2.24) is 5.32 Å². The van der Waals surface area contributed by atoms with Gasteiger partial charge in [-0.15, -0.1) is 0 Å². The smallest absolute Gasteiger partial charge is 0.00695 e. The van der Waals surface area contributed by atoms with Gasteiger partial charge in [0.25, 0.3) is 0 Å². The first kappa shape index (κ1) is 16.0. The van der Waals surface area contributed by atoms with Gasteiger partial charge < -0.3 is 5.32 Å². The van der Waals surface area contributed by atoms with Crippen LogP contribution in [-0.2, 0) is 0 Å². The van der Waals surface area contributed by atoms with Gasteiger partial charge in [0.15, 0.2) is 0 Å². The fourth-order valence-corrected chi connectivity index (χ4v) is 3.17. The van der Waals surface area contributed by atoms with Crippen LogP contribution in [0.4, 0.5) is 0 Å². The van der Waals surface area contributed by atoms with Crippen LogP contribution < -0.4 is 5.32 Å². The van der Waals surface area contributed by atoms with Crippen molar-refractivity contribution in [3.63, 3.8) is 0 Å². The van der Waals surface area contributed by atoms with Crippen LogP contribution in [0.2, 0.25) is 0 Å². The van der Waals surface area contributed by atoms with Crippen molar-refractivity contribution in [3.8, 4) is 0 Å². The molecule has 1 rings (SSSR count). The van der Waals surface area contributed by atoms with Crippen molar-refractivity contribution in [2.24, 2.45) is 0 Å². The molecule has 108 valence electrons. The van der Waals surface area contributed by atoms with Crippen LogP contribution in [0.15, 0.2) is 0 Å². The molecule has 0 spiro atoms. The molecule has 0 radical (unpaired) electrons. The minimum Gasteiger partial charge on any atom is -0.312 e. The Morgan fingerprint density at radius 2 is 1.44 bits per heavy atom. The largest absolute Gasteiger partial charge is 0.312 e. The predicted octanol–water partition coefficient (Wildman–Crippen LogP) is 5.44. The summed E-state index contributed by atoms with van der Waals surface area (Å²) in [6.45, 7) is 4.63. The quantitative estimate of drug-likeness (QED) is 0.511. The van der Waals surface area contributed by atoms with E-state index in [2.05, 4.69) is 19.2 Å². The number of rotatable bonds is 10. The molecule has 1 heteroatoms. The van der Waals surface area contributed by atoms with Gasteiger partial charge in [0.1, 0.15) is 0 Å². The Hall–Kier alpha value is -0.0400. The fraction of sp³-hybridized carbons (Fsp3) is 1.00. The van der Waals surface area contributed by atoms with Gasteiger partial charge in [-0.3, -0.25) is 0 Å². The van der Waals surface area contributed by atoms with Gasteiger partial charge in [-0.25, -0.2) is 0 Å². The fourth-order valence-electron chi connectivity index (χ4n) is 3.17. The Kier molecular flexibility index (Phi) is 9.65. The lowest BCUT2D eigenvalue weighted by Crippen LogP contribution is -2.40. The minimum absolute atomic E-state index is 0.766. The third kappa shape index (κ3) is 8.13. The molecule has 1 aliphatic rings. The van der Waals surface area contributed by atoms with Gasteiger partial charge in [0, 0.05) is 12.1 Å². The van der Waals surface area contributed by atoms with Crippen LogP contribution in [0.1, 0.15) is 97.3 Å². The Morgan fingerprint density at radius 3 is 2.06 bits per heavy atom. The molecule has 18 heavy (non-hydrogen) atoms. The third-order valence-corrected chi connectivity index (χ3v) is 4.37. The maximum Gasteiger partial charge on any atom is 0.00695 e. The van der Waals surface area contributed by atoms with E-state index in [1.165, 1.54) is 83.5 Å². The maximum atomic E-state index is 3.74. The average molecular weight is 253 g/mol. The number of unbranched alkanes of at least 4 members (excludes halogenated alkanes) is 8. The first-order chi connectivity index (χ1) is 8.83. The van der Waals surface area contributed by atoms with Crippen LogP contribution in [0.5, 0.6) is 0 Å². The summed E-state index contributed by atoms with van der Waals surface area (Å²) in [6.07, 6.45) is 18.7. The summed E-state index contributed by atoms with van der Waals surface area (Å²) >= 11 is 0. The normalized spacial score (nSPS) is 24.3. The zero-order chi connectivity index (χ0) is 13.1. The predicted molar refractivity (Wildman–Crippen MR) is 82.1 cm³/mol. The van der Waals surface area contributed by atoms with Crippen molar-refractivity contribution >= 4 is 0 Å². The molecule has 1 heterocycles. The van der Waals surface area contributed by atoms with Crippen LogP contribution in [0.25, 0.3) is 0 Å². The van der Waals surface area contributed by atoms with Crippen molar-refractivity contribution in [2.75, 3.05) is 0 Å². The van der Waals surface area contributed by atoms with E-state index < -0.39 is 0 Å². The monoisotopic (exact) mass is 253 g/mol. The molecular formula is C17H35N. The molecule has 0 aromatic rings. The maximum absolute atomic E-state index is 3.74. The highest BCUT2D eigenvalue weighted by Crippen LogP contribution is 2.18. The van der Waals surface area contributed by atoms with E-state index in [1.807, 2.05) is 0 Å². The molecule has 1 fully saturated rings. The molecule has 1 saturated heterocycles. The van der Waals surface area contributed by atoms with E-state index in [-0.39, 0.29) is 0 Å². The molecule has 0 aromatic carbocycles. The van der Waals surface area contributed by atoms with E-state index in [9.17, 15) is 0 Å². The van der Waals surface area contributed by atoms with E-state index >= 15 is 0 Å². The molecule has 0 aromatic heterocycles. The van der Waals surface area contributed by atoms with Crippen molar-refractivity contribution < 1.29 is 0 Å². The summed E-state index contributed by atoms with van der Waals surface area (Å²) in [7, 11) is 0. The summed E-state index contributed by atoms with van der Waals surface area (Å²) in [6, 6.07) is 1.60. The summed E-state index contributed by atoms with van der Waals surface area (Å²) in [5.41, 5.74) is 0. The highest BCUT2D eigenvalue weighted by Gasteiger charge is 2.16. The molecule has 1 N–H and O–H groups in total. The number of nitrogens with one attached hydrogen (secondary N) is 1. The van der Waals surface area contributed by atoms with Gasteiger partial charge in [-0.1, -0.05) is 71.1 Å². The SMILES string of the molecule is CCCCCCCCCCC[C@@H]1CCC[C@@H](C)N1. The van der Waals surface area contributed by atoms with Crippen LogP contribution in [0.3, 0.4) is 0 Å². The van der Waals surface area contributed by atoms with Gasteiger partial charge in [-0.05, 0) is 26.2 Å². The Bertz CT molecular complexity index is 178. The molecule has 1 aliphatic heterocycles. The van der Waals surface area contributed by atoms with E-state index in [1.54, 1.807) is 0 Å². The second kappa shape index (κ2) is 10.8.